The Morgan fingerprint density at radius 3 is 2.71 bits per heavy atom. The van der Waals surface area contributed by atoms with Gasteiger partial charge in [-0.25, -0.2) is 9.97 Å². The number of hydrogen-bond acceptors (Lipinski definition) is 3. The molecule has 0 spiro atoms. The lowest BCUT2D eigenvalue weighted by Crippen LogP contribution is -2.12. The topological polar surface area (TPSA) is 35.0 Å². The van der Waals surface area contributed by atoms with Crippen LogP contribution in [0.3, 0.4) is 0 Å². The lowest BCUT2D eigenvalue weighted by Gasteiger charge is -2.12. The highest BCUT2D eigenvalue weighted by Crippen LogP contribution is 2.16. The summed E-state index contributed by atoms with van der Waals surface area (Å²) in [4.78, 5) is 8.07. The van der Waals surface area contributed by atoms with Gasteiger partial charge < -0.3 is 4.74 Å². The van der Waals surface area contributed by atoms with Crippen LogP contribution in [0, 0.1) is 5.92 Å². The molecule has 1 aromatic heterocycles. The molecule has 4 heteroatoms. The second-order valence-corrected chi connectivity index (χ2v) is 4.08. The highest BCUT2D eigenvalue weighted by molar-refractivity contribution is 6.20. The zero-order chi connectivity index (χ0) is 10.6. The first-order chi connectivity index (χ1) is 6.63. The van der Waals surface area contributed by atoms with Crippen molar-refractivity contribution >= 4 is 11.6 Å². The Labute approximate surface area is 89.5 Å². The van der Waals surface area contributed by atoms with Gasteiger partial charge in [0.25, 0.3) is 0 Å². The largest absolute Gasteiger partial charge is 0.481 e. The molecule has 0 aliphatic rings. The second-order valence-electron chi connectivity index (χ2n) is 3.52. The van der Waals surface area contributed by atoms with Crippen molar-refractivity contribution in [1.29, 1.82) is 0 Å². The van der Waals surface area contributed by atoms with E-state index in [2.05, 4.69) is 23.8 Å². The van der Waals surface area contributed by atoms with E-state index in [9.17, 15) is 0 Å². The van der Waals surface area contributed by atoms with E-state index >= 15 is 0 Å². The molecule has 0 radical (unpaired) electrons. The fourth-order valence-corrected chi connectivity index (χ4v) is 1.19. The van der Waals surface area contributed by atoms with E-state index in [1.54, 1.807) is 7.11 Å². The number of nitrogens with zero attached hydrogens (tertiary/aromatic N) is 2. The fraction of sp³-hybridized carbons (Fsp3) is 0.600. The standard InChI is InChI=1S/C10H15ClN2O/c1-7(2)9(11)4-8-5-10(14-3)13-6-12-8/h5-7,9H,4H2,1-3H3. The average molecular weight is 215 g/mol. The van der Waals surface area contributed by atoms with E-state index < -0.39 is 0 Å². The van der Waals surface area contributed by atoms with Crippen LogP contribution in [0.1, 0.15) is 19.5 Å². The Bertz CT molecular complexity index is 291. The van der Waals surface area contributed by atoms with Crippen LogP contribution in [0.25, 0.3) is 0 Å². The summed E-state index contributed by atoms with van der Waals surface area (Å²) >= 11 is 6.14. The Morgan fingerprint density at radius 2 is 2.14 bits per heavy atom. The maximum Gasteiger partial charge on any atom is 0.216 e. The number of ether oxygens (including phenoxy) is 1. The van der Waals surface area contributed by atoms with Crippen molar-refractivity contribution in [3.8, 4) is 5.88 Å². The van der Waals surface area contributed by atoms with Gasteiger partial charge in [-0.2, -0.15) is 0 Å². The summed E-state index contributed by atoms with van der Waals surface area (Å²) in [5.41, 5.74) is 0.922. The predicted octanol–water partition coefficient (Wildman–Crippen LogP) is 2.29. The van der Waals surface area contributed by atoms with Crippen LogP contribution in [-0.4, -0.2) is 22.5 Å². The van der Waals surface area contributed by atoms with E-state index in [0.717, 1.165) is 12.1 Å². The van der Waals surface area contributed by atoms with Crippen molar-refractivity contribution < 1.29 is 4.74 Å². The van der Waals surface area contributed by atoms with Crippen LogP contribution in [0.15, 0.2) is 12.4 Å². The SMILES string of the molecule is COc1cc(CC(Cl)C(C)C)ncn1. The summed E-state index contributed by atoms with van der Waals surface area (Å²) < 4.78 is 5.00. The summed E-state index contributed by atoms with van der Waals surface area (Å²) in [6.07, 6.45) is 2.25. The number of rotatable bonds is 4. The summed E-state index contributed by atoms with van der Waals surface area (Å²) in [5, 5.41) is 0.106. The molecule has 1 heterocycles. The lowest BCUT2D eigenvalue weighted by molar-refractivity contribution is 0.395. The molecule has 0 aliphatic carbocycles. The van der Waals surface area contributed by atoms with Crippen molar-refractivity contribution in [1.82, 2.24) is 9.97 Å². The van der Waals surface area contributed by atoms with Gasteiger partial charge in [-0.05, 0) is 5.92 Å². The highest BCUT2D eigenvalue weighted by Gasteiger charge is 2.11. The second kappa shape index (κ2) is 5.15. The van der Waals surface area contributed by atoms with Crippen LogP contribution in [0.5, 0.6) is 5.88 Å². The normalized spacial score (nSPS) is 12.9. The highest BCUT2D eigenvalue weighted by atomic mass is 35.5. The Balaban J connectivity index is 2.66. The van der Waals surface area contributed by atoms with Gasteiger partial charge in [0.1, 0.15) is 6.33 Å². The molecule has 1 aromatic rings. The van der Waals surface area contributed by atoms with Gasteiger partial charge in [0.2, 0.25) is 5.88 Å². The van der Waals surface area contributed by atoms with Crippen molar-refractivity contribution in [2.75, 3.05) is 7.11 Å². The maximum absolute atomic E-state index is 6.14. The number of halogens is 1. The lowest BCUT2D eigenvalue weighted by atomic mass is 10.1. The van der Waals surface area contributed by atoms with Crippen LogP contribution < -0.4 is 4.74 Å². The van der Waals surface area contributed by atoms with Gasteiger partial charge in [-0.15, -0.1) is 11.6 Å². The zero-order valence-electron chi connectivity index (χ0n) is 8.70. The molecule has 0 saturated heterocycles. The summed E-state index contributed by atoms with van der Waals surface area (Å²) in [6, 6.07) is 1.82. The van der Waals surface area contributed by atoms with Gasteiger partial charge in [0, 0.05) is 23.6 Å². The van der Waals surface area contributed by atoms with Crippen LogP contribution in [-0.2, 0) is 6.42 Å². The van der Waals surface area contributed by atoms with Crippen molar-refractivity contribution in [3.05, 3.63) is 18.1 Å². The number of methoxy groups -OCH3 is 1. The molecule has 3 nitrogen and oxygen atoms in total. The molecule has 0 saturated carbocycles. The minimum Gasteiger partial charge on any atom is -0.481 e. The number of hydrogen-bond donors (Lipinski definition) is 0. The van der Waals surface area contributed by atoms with E-state index in [0.29, 0.717) is 11.8 Å². The van der Waals surface area contributed by atoms with Crippen molar-refractivity contribution in [3.63, 3.8) is 0 Å². The first-order valence-electron chi connectivity index (χ1n) is 4.62. The first-order valence-corrected chi connectivity index (χ1v) is 5.06. The molecule has 0 bridgehead atoms. The minimum absolute atomic E-state index is 0.106. The molecule has 0 aliphatic heterocycles. The average Bonchev–Trinajstić information content (AvgIpc) is 2.18. The molecular formula is C10H15ClN2O. The third-order valence-corrected chi connectivity index (χ3v) is 2.69. The van der Waals surface area contributed by atoms with Gasteiger partial charge in [0.05, 0.1) is 7.11 Å². The molecule has 0 aromatic carbocycles. The molecule has 0 fully saturated rings. The minimum atomic E-state index is 0.106. The molecule has 14 heavy (non-hydrogen) atoms. The maximum atomic E-state index is 6.14. The molecule has 1 unspecified atom stereocenters. The molecule has 0 N–H and O–H groups in total. The molecule has 0 amide bonds. The molecule has 78 valence electrons. The summed E-state index contributed by atoms with van der Waals surface area (Å²) in [6.45, 7) is 4.19. The van der Waals surface area contributed by atoms with E-state index in [1.807, 2.05) is 6.07 Å². The van der Waals surface area contributed by atoms with Gasteiger partial charge in [0.15, 0.2) is 0 Å². The Morgan fingerprint density at radius 1 is 1.43 bits per heavy atom. The van der Waals surface area contributed by atoms with E-state index in [4.69, 9.17) is 16.3 Å². The molecule has 1 atom stereocenters. The third kappa shape index (κ3) is 3.14. The van der Waals surface area contributed by atoms with Crippen LogP contribution in [0.2, 0.25) is 0 Å². The van der Waals surface area contributed by atoms with Gasteiger partial charge >= 0.3 is 0 Å². The van der Waals surface area contributed by atoms with Crippen LogP contribution in [0.4, 0.5) is 0 Å². The van der Waals surface area contributed by atoms with Gasteiger partial charge in [-0.3, -0.25) is 0 Å². The van der Waals surface area contributed by atoms with E-state index in [1.165, 1.54) is 6.33 Å². The molecule has 1 rings (SSSR count). The number of alkyl halides is 1. The predicted molar refractivity (Wildman–Crippen MR) is 56.8 cm³/mol. The van der Waals surface area contributed by atoms with Crippen molar-refractivity contribution in [2.24, 2.45) is 5.92 Å². The fourth-order valence-electron chi connectivity index (χ4n) is 1.04. The van der Waals surface area contributed by atoms with E-state index in [-0.39, 0.29) is 5.38 Å². The Hall–Kier alpha value is -0.830. The summed E-state index contributed by atoms with van der Waals surface area (Å²) in [7, 11) is 1.59. The smallest absolute Gasteiger partial charge is 0.216 e. The molecular weight excluding hydrogens is 200 g/mol. The Kier molecular flexibility index (Phi) is 4.14. The number of aromatic nitrogens is 2. The first kappa shape index (κ1) is 11.2. The third-order valence-electron chi connectivity index (χ3n) is 2.04. The quantitative estimate of drug-likeness (QED) is 0.722. The van der Waals surface area contributed by atoms with Crippen molar-refractivity contribution in [2.45, 2.75) is 25.6 Å². The summed E-state index contributed by atoms with van der Waals surface area (Å²) in [5.74, 6) is 1.03. The monoisotopic (exact) mass is 214 g/mol. The van der Waals surface area contributed by atoms with Crippen LogP contribution >= 0.6 is 11.6 Å². The zero-order valence-corrected chi connectivity index (χ0v) is 9.45. The van der Waals surface area contributed by atoms with Gasteiger partial charge in [-0.1, -0.05) is 13.8 Å².